The first kappa shape index (κ1) is 23.9. The largest absolute Gasteiger partial charge is 0.386 e. The van der Waals surface area contributed by atoms with Crippen LogP contribution in [0.1, 0.15) is 44.6 Å². The van der Waals surface area contributed by atoms with Crippen LogP contribution in [-0.4, -0.2) is 54.7 Å². The summed E-state index contributed by atoms with van der Waals surface area (Å²) in [6, 6.07) is 4.27. The second-order valence-electron chi connectivity index (χ2n) is 6.86. The van der Waals surface area contributed by atoms with E-state index in [-0.39, 0.29) is 24.0 Å². The Balaban J connectivity index is 0.00000338. The summed E-state index contributed by atoms with van der Waals surface area (Å²) in [5, 5.41) is 16.9. The summed E-state index contributed by atoms with van der Waals surface area (Å²) in [4.78, 5) is 7.93. The highest BCUT2D eigenvalue weighted by Gasteiger charge is 2.21. The van der Waals surface area contributed by atoms with E-state index in [9.17, 15) is 5.11 Å². The van der Waals surface area contributed by atoms with E-state index in [2.05, 4.69) is 34.4 Å². The van der Waals surface area contributed by atoms with Crippen molar-refractivity contribution in [1.82, 2.24) is 15.5 Å². The Kier molecular flexibility index (Phi) is 11.4. The van der Waals surface area contributed by atoms with Crippen molar-refractivity contribution in [3.05, 3.63) is 21.3 Å². The maximum absolute atomic E-state index is 10.2. The lowest BCUT2D eigenvalue weighted by molar-refractivity contribution is 0.141. The van der Waals surface area contributed by atoms with Gasteiger partial charge < -0.3 is 20.6 Å². The van der Waals surface area contributed by atoms with Crippen LogP contribution in [0.5, 0.6) is 0 Å². The normalized spacial score (nSPS) is 19.9. The Morgan fingerprint density at radius 2 is 2.19 bits per heavy atom. The molecule has 3 N–H and O–H groups in total. The molecule has 1 aromatic rings. The van der Waals surface area contributed by atoms with Crippen molar-refractivity contribution in [2.45, 2.75) is 45.8 Å². The van der Waals surface area contributed by atoms with E-state index in [0.717, 1.165) is 30.5 Å². The first-order valence-corrected chi connectivity index (χ1v) is 10.4. The zero-order valence-corrected chi connectivity index (χ0v) is 19.8. The molecule has 0 amide bonds. The number of rotatable bonds is 7. The summed E-state index contributed by atoms with van der Waals surface area (Å²) in [5.74, 6) is 1.41. The highest BCUT2D eigenvalue weighted by atomic mass is 127. The van der Waals surface area contributed by atoms with Crippen LogP contribution in [0.4, 0.5) is 0 Å². The van der Waals surface area contributed by atoms with Crippen molar-refractivity contribution in [2.24, 2.45) is 10.9 Å². The molecule has 1 saturated heterocycles. The number of halogens is 2. The van der Waals surface area contributed by atoms with Gasteiger partial charge in [0.15, 0.2) is 5.96 Å². The molecule has 8 heteroatoms. The standard InChI is InChI=1S/C18H31ClN4OS.HI/c1-4-20-18(22-11-15(24)16-7-8-17(19)25-16)21-10-14-6-5-9-23(12-14)13(2)3;/h7-8,13-15,24H,4-6,9-12H2,1-3H3,(H2,20,21,22);1H. The summed E-state index contributed by atoms with van der Waals surface area (Å²) >= 11 is 7.33. The van der Waals surface area contributed by atoms with Crippen LogP contribution in [0.3, 0.4) is 0 Å². The first-order valence-electron chi connectivity index (χ1n) is 9.19. The fourth-order valence-corrected chi connectivity index (χ4v) is 4.13. The van der Waals surface area contributed by atoms with Crippen LogP contribution in [0, 0.1) is 5.92 Å². The van der Waals surface area contributed by atoms with E-state index >= 15 is 0 Å². The molecule has 150 valence electrons. The number of aliphatic imine (C=N–C) groups is 1. The predicted molar refractivity (Wildman–Crippen MR) is 123 cm³/mol. The third-order valence-corrected chi connectivity index (χ3v) is 5.86. The van der Waals surface area contributed by atoms with Gasteiger partial charge in [-0.15, -0.1) is 35.3 Å². The summed E-state index contributed by atoms with van der Waals surface area (Å²) in [6.45, 7) is 11.0. The Morgan fingerprint density at radius 3 is 2.81 bits per heavy atom. The molecule has 0 aliphatic carbocycles. The second kappa shape index (κ2) is 12.4. The van der Waals surface area contributed by atoms with Gasteiger partial charge in [-0.25, -0.2) is 0 Å². The molecular weight excluding hydrogens is 483 g/mol. The van der Waals surface area contributed by atoms with E-state index < -0.39 is 6.10 Å². The molecule has 2 atom stereocenters. The van der Waals surface area contributed by atoms with Gasteiger partial charge in [0.25, 0.3) is 0 Å². The summed E-state index contributed by atoms with van der Waals surface area (Å²) in [5.41, 5.74) is 0. The number of aliphatic hydroxyl groups excluding tert-OH is 1. The Morgan fingerprint density at radius 1 is 1.42 bits per heavy atom. The molecule has 2 rings (SSSR count). The molecule has 0 radical (unpaired) electrons. The van der Waals surface area contributed by atoms with E-state index in [1.807, 2.05) is 19.1 Å². The third kappa shape index (κ3) is 7.88. The monoisotopic (exact) mass is 514 g/mol. The van der Waals surface area contributed by atoms with Gasteiger partial charge in [0.2, 0.25) is 0 Å². The number of nitrogens with one attached hydrogen (secondary N) is 2. The zero-order valence-electron chi connectivity index (χ0n) is 15.9. The summed E-state index contributed by atoms with van der Waals surface area (Å²) in [6.07, 6.45) is 1.90. The molecule has 1 aliphatic heterocycles. The summed E-state index contributed by atoms with van der Waals surface area (Å²) in [7, 11) is 0. The van der Waals surface area contributed by atoms with Crippen molar-refractivity contribution in [3.8, 4) is 0 Å². The van der Waals surface area contributed by atoms with Crippen LogP contribution >= 0.6 is 46.9 Å². The van der Waals surface area contributed by atoms with Gasteiger partial charge in [0.1, 0.15) is 6.10 Å². The van der Waals surface area contributed by atoms with Crippen molar-refractivity contribution < 1.29 is 5.11 Å². The molecule has 1 aliphatic rings. The topological polar surface area (TPSA) is 59.9 Å². The molecule has 0 aromatic carbocycles. The maximum atomic E-state index is 10.2. The highest BCUT2D eigenvalue weighted by Crippen LogP contribution is 2.26. The lowest BCUT2D eigenvalue weighted by Gasteiger charge is -2.35. The van der Waals surface area contributed by atoms with Gasteiger partial charge in [-0.3, -0.25) is 4.99 Å². The van der Waals surface area contributed by atoms with Crippen molar-refractivity contribution in [1.29, 1.82) is 0 Å². The minimum absolute atomic E-state index is 0. The predicted octanol–water partition coefficient (Wildman–Crippen LogP) is 3.73. The van der Waals surface area contributed by atoms with Crippen LogP contribution in [0.2, 0.25) is 4.34 Å². The van der Waals surface area contributed by atoms with Crippen LogP contribution in [0.25, 0.3) is 0 Å². The number of piperidine rings is 1. The van der Waals surface area contributed by atoms with Crippen LogP contribution < -0.4 is 10.6 Å². The van der Waals surface area contributed by atoms with E-state index in [0.29, 0.717) is 22.8 Å². The van der Waals surface area contributed by atoms with E-state index in [1.54, 1.807) is 0 Å². The van der Waals surface area contributed by atoms with Crippen molar-refractivity contribution in [3.63, 3.8) is 0 Å². The summed E-state index contributed by atoms with van der Waals surface area (Å²) < 4.78 is 0.690. The lowest BCUT2D eigenvalue weighted by Crippen LogP contribution is -2.46. The third-order valence-electron chi connectivity index (χ3n) is 4.53. The number of hydrogen-bond donors (Lipinski definition) is 3. The molecule has 0 spiro atoms. The number of guanidine groups is 1. The minimum Gasteiger partial charge on any atom is -0.386 e. The fraction of sp³-hybridized carbons (Fsp3) is 0.722. The molecule has 26 heavy (non-hydrogen) atoms. The van der Waals surface area contributed by atoms with Gasteiger partial charge in [-0.1, -0.05) is 11.6 Å². The van der Waals surface area contributed by atoms with Crippen LogP contribution in [-0.2, 0) is 0 Å². The molecular formula is C18H32ClIN4OS. The number of aliphatic hydroxyl groups is 1. The van der Waals surface area contributed by atoms with Crippen molar-refractivity contribution in [2.75, 3.05) is 32.7 Å². The maximum Gasteiger partial charge on any atom is 0.191 e. The number of nitrogens with zero attached hydrogens (tertiary/aromatic N) is 2. The molecule has 1 fully saturated rings. The molecule has 1 aromatic heterocycles. The molecule has 5 nitrogen and oxygen atoms in total. The molecule has 2 heterocycles. The SMILES string of the molecule is CCNC(=NCC(O)c1ccc(Cl)s1)NCC1CCCN(C(C)C)C1.I. The molecule has 2 unspecified atom stereocenters. The van der Waals surface area contributed by atoms with Gasteiger partial charge in [-0.2, -0.15) is 0 Å². The highest BCUT2D eigenvalue weighted by molar-refractivity contribution is 14.0. The Labute approximate surface area is 183 Å². The van der Waals surface area contributed by atoms with Gasteiger partial charge >= 0.3 is 0 Å². The average molecular weight is 515 g/mol. The average Bonchev–Trinajstić information content (AvgIpc) is 3.04. The van der Waals surface area contributed by atoms with Gasteiger partial charge in [0.05, 0.1) is 10.9 Å². The number of hydrogen-bond acceptors (Lipinski definition) is 4. The number of thiophene rings is 1. The molecule has 0 bridgehead atoms. The Hall–Kier alpha value is -0.0900. The van der Waals surface area contributed by atoms with Crippen molar-refractivity contribution >= 4 is 52.9 Å². The minimum atomic E-state index is -0.612. The van der Waals surface area contributed by atoms with E-state index in [4.69, 9.17) is 11.6 Å². The molecule has 0 saturated carbocycles. The first-order chi connectivity index (χ1) is 12.0. The zero-order chi connectivity index (χ0) is 18.2. The van der Waals surface area contributed by atoms with Gasteiger partial charge in [-0.05, 0) is 58.2 Å². The van der Waals surface area contributed by atoms with Crippen LogP contribution in [0.15, 0.2) is 17.1 Å². The lowest BCUT2D eigenvalue weighted by atomic mass is 9.97. The second-order valence-corrected chi connectivity index (χ2v) is 8.60. The fourth-order valence-electron chi connectivity index (χ4n) is 3.09. The smallest absolute Gasteiger partial charge is 0.191 e. The van der Waals surface area contributed by atoms with E-state index in [1.165, 1.54) is 30.7 Å². The van der Waals surface area contributed by atoms with Gasteiger partial charge in [0, 0.05) is 30.6 Å². The Bertz CT molecular complexity index is 555. The quantitative estimate of drug-likeness (QED) is 0.295. The number of likely N-dealkylation sites (tertiary alicyclic amines) is 1.